The molecule has 4 atom stereocenters. The zero-order valence-electron chi connectivity index (χ0n) is 29.0. The van der Waals surface area contributed by atoms with Crippen molar-refractivity contribution in [2.45, 2.75) is 63.2 Å². The zero-order chi connectivity index (χ0) is 34.3. The molecule has 3 aromatic carbocycles. The minimum absolute atomic E-state index is 0.0145. The van der Waals surface area contributed by atoms with E-state index in [0.717, 1.165) is 10.5 Å². The van der Waals surface area contributed by atoms with Crippen LogP contribution in [0.15, 0.2) is 71.6 Å². The van der Waals surface area contributed by atoms with Gasteiger partial charge in [-0.25, -0.2) is 0 Å². The van der Waals surface area contributed by atoms with Gasteiger partial charge in [0.05, 0.1) is 0 Å². The Labute approximate surface area is 286 Å². The van der Waals surface area contributed by atoms with E-state index in [2.05, 4.69) is 39.5 Å². The number of methoxy groups -OCH3 is 2. The lowest BCUT2D eigenvalue weighted by atomic mass is 9.66. The third kappa shape index (κ3) is 8.28. The molecule has 47 heavy (non-hydrogen) atoms. The predicted molar refractivity (Wildman–Crippen MR) is 188 cm³/mol. The highest BCUT2D eigenvalue weighted by Gasteiger charge is 2.52. The zero-order valence-corrected chi connectivity index (χ0v) is 31.8. The van der Waals surface area contributed by atoms with Crippen LogP contribution < -0.4 is 18.9 Å². The summed E-state index contributed by atoms with van der Waals surface area (Å²) >= 11 is 1.65. The highest BCUT2D eigenvalue weighted by atomic mass is 32.2. The van der Waals surface area contributed by atoms with E-state index in [1.807, 2.05) is 80.6 Å². The van der Waals surface area contributed by atoms with Crippen molar-refractivity contribution in [1.29, 1.82) is 0 Å². The lowest BCUT2D eigenvalue weighted by Gasteiger charge is -2.46. The van der Waals surface area contributed by atoms with Crippen LogP contribution >= 0.6 is 11.8 Å². The van der Waals surface area contributed by atoms with Crippen LogP contribution in [-0.2, 0) is 24.9 Å². The summed E-state index contributed by atoms with van der Waals surface area (Å²) < 4.78 is 39.6. The summed E-state index contributed by atoms with van der Waals surface area (Å²) in [6.07, 6.45) is 0. The molecule has 1 aliphatic heterocycles. The number of hydrogen-bond acceptors (Lipinski definition) is 9. The van der Waals surface area contributed by atoms with E-state index in [4.69, 9.17) is 32.8 Å². The summed E-state index contributed by atoms with van der Waals surface area (Å²) in [6.45, 7) is 13.1. The molecule has 8 nitrogen and oxygen atoms in total. The van der Waals surface area contributed by atoms with Crippen LogP contribution in [0.3, 0.4) is 0 Å². The largest absolute Gasteiger partial charge is 0.481 e. The van der Waals surface area contributed by atoms with Crippen LogP contribution in [0.25, 0.3) is 0 Å². The molecule has 1 N–H and O–H groups in total. The van der Waals surface area contributed by atoms with Crippen LogP contribution in [0.4, 0.5) is 0 Å². The molecule has 4 unspecified atom stereocenters. The van der Waals surface area contributed by atoms with Gasteiger partial charge in [-0.3, -0.25) is 0 Å². The summed E-state index contributed by atoms with van der Waals surface area (Å²) in [5.41, 5.74) is -0.628. The first-order valence-electron chi connectivity index (χ1n) is 15.6. The quantitative estimate of drug-likeness (QED) is 0.132. The number of aliphatic hydroxyl groups is 1. The van der Waals surface area contributed by atoms with E-state index < -0.39 is 16.8 Å². The minimum atomic E-state index is -1.53. The maximum Gasteiger partial charge on any atom is 0.200 e. The summed E-state index contributed by atoms with van der Waals surface area (Å²) in [4.78, 5) is 0.899. The molecular formula is C37H48O8SSi. The first-order valence-corrected chi connectivity index (χ1v) is 17.4. The van der Waals surface area contributed by atoms with Gasteiger partial charge in [0.1, 0.15) is 29.6 Å². The van der Waals surface area contributed by atoms with Crippen molar-refractivity contribution in [2.75, 3.05) is 40.2 Å². The van der Waals surface area contributed by atoms with Crippen molar-refractivity contribution in [1.82, 2.24) is 0 Å². The molecule has 0 radical (unpaired) electrons. The van der Waals surface area contributed by atoms with Gasteiger partial charge in [0.25, 0.3) is 0 Å². The first kappa shape index (κ1) is 36.7. The van der Waals surface area contributed by atoms with Crippen LogP contribution in [0.2, 0.25) is 0 Å². The first-order chi connectivity index (χ1) is 22.3. The molecule has 10 heteroatoms. The molecule has 0 aliphatic carbocycles. The Morgan fingerprint density at radius 1 is 0.851 bits per heavy atom. The Morgan fingerprint density at radius 3 is 2.00 bits per heavy atom. The van der Waals surface area contributed by atoms with Crippen LogP contribution in [0.5, 0.6) is 23.0 Å². The molecular weight excluding hydrogens is 633 g/mol. The van der Waals surface area contributed by atoms with Gasteiger partial charge < -0.3 is 38.0 Å². The lowest BCUT2D eigenvalue weighted by Crippen LogP contribution is -2.50. The molecule has 0 amide bonds. The number of ether oxygens (including phenoxy) is 6. The fourth-order valence-corrected chi connectivity index (χ4v) is 7.35. The second-order valence-electron chi connectivity index (χ2n) is 13.1. The van der Waals surface area contributed by atoms with Gasteiger partial charge in [0.2, 0.25) is 5.79 Å². The molecule has 254 valence electrons. The maximum absolute atomic E-state index is 12.6. The van der Waals surface area contributed by atoms with E-state index in [1.165, 1.54) is 0 Å². The maximum atomic E-state index is 12.6. The van der Waals surface area contributed by atoms with Crippen LogP contribution in [-0.4, -0.2) is 61.5 Å². The minimum Gasteiger partial charge on any atom is -0.481 e. The predicted octanol–water partition coefficient (Wildman–Crippen LogP) is 6.06. The Hall–Kier alpha value is -3.17. The van der Waals surface area contributed by atoms with E-state index in [0.29, 0.717) is 44.8 Å². The summed E-state index contributed by atoms with van der Waals surface area (Å²) in [6, 6.07) is 20.8. The Morgan fingerprint density at radius 2 is 1.40 bits per heavy atom. The normalized spacial score (nSPS) is 21.0. The van der Waals surface area contributed by atoms with Gasteiger partial charge in [0.15, 0.2) is 29.7 Å². The van der Waals surface area contributed by atoms with Crippen LogP contribution in [0.1, 0.15) is 52.7 Å². The van der Waals surface area contributed by atoms with Gasteiger partial charge in [0, 0.05) is 48.7 Å². The van der Waals surface area contributed by atoms with Crippen LogP contribution in [0, 0.1) is 23.2 Å². The van der Waals surface area contributed by atoms with Crippen molar-refractivity contribution in [3.8, 4) is 34.8 Å². The summed E-state index contributed by atoms with van der Waals surface area (Å²) in [5, 5.41) is 12.6. The van der Waals surface area contributed by atoms with Crippen molar-refractivity contribution >= 4 is 22.2 Å². The Bertz CT molecular complexity index is 1530. The second-order valence-corrected chi connectivity index (χ2v) is 14.5. The smallest absolute Gasteiger partial charge is 0.200 e. The average molecular weight is 681 g/mol. The fraction of sp³-hybridized carbons (Fsp3) is 0.459. The van der Waals surface area contributed by atoms with Crippen molar-refractivity contribution in [2.24, 2.45) is 11.3 Å². The van der Waals surface area contributed by atoms with E-state index in [1.54, 1.807) is 26.0 Å². The van der Waals surface area contributed by atoms with E-state index >= 15 is 0 Å². The molecule has 3 aromatic rings. The molecule has 0 spiro atoms. The van der Waals surface area contributed by atoms with Gasteiger partial charge in [-0.15, -0.1) is 11.8 Å². The Kier molecular flexibility index (Phi) is 12.0. The van der Waals surface area contributed by atoms with Gasteiger partial charge in [-0.2, -0.15) is 0 Å². The molecule has 0 bridgehead atoms. The standard InChI is InChI=1S/C37H48O8SSi/c1-26(34(2,3)4)36(6,45-47)44-30-16-14-28(15-17-30)41-21-9-20-37(38)32-19-18-31(43-25-40-8)22-33(32)46-23-35(37,5)27-10-12-29(13-11-27)42-24-39-7/h10-19,22,26,38H,21,23-25H2,1-8,47H3. The summed E-state index contributed by atoms with van der Waals surface area (Å²) in [7, 11) is 3.72. The monoisotopic (exact) mass is 680 g/mol. The third-order valence-corrected chi connectivity index (χ3v) is 11.2. The van der Waals surface area contributed by atoms with Crippen molar-refractivity contribution in [3.05, 3.63) is 77.9 Å². The fourth-order valence-electron chi connectivity index (χ4n) is 5.52. The third-order valence-electron chi connectivity index (χ3n) is 9.05. The Balaban J connectivity index is 1.57. The molecule has 0 saturated carbocycles. The molecule has 0 saturated heterocycles. The van der Waals surface area contributed by atoms with E-state index in [-0.39, 0.29) is 31.5 Å². The highest BCUT2D eigenvalue weighted by molar-refractivity contribution is 7.99. The van der Waals surface area contributed by atoms with Gasteiger partial charge in [-0.1, -0.05) is 64.7 Å². The second kappa shape index (κ2) is 15.4. The average Bonchev–Trinajstić information content (AvgIpc) is 3.06. The molecule has 1 aliphatic rings. The lowest BCUT2D eigenvalue weighted by molar-refractivity contribution is -0.160. The number of benzene rings is 3. The molecule has 4 rings (SSSR count). The SMILES string of the molecule is COCOc1ccc(C2(C)CSc3cc(OCOC)ccc3C2(O)C#CCOc2ccc(OC(C)(O[SiH3])C(C)C(C)(C)C)cc2)cc1. The molecule has 0 fully saturated rings. The van der Waals surface area contributed by atoms with Gasteiger partial charge >= 0.3 is 0 Å². The van der Waals surface area contributed by atoms with Crippen molar-refractivity contribution < 1.29 is 38.0 Å². The topological polar surface area (TPSA) is 84.8 Å². The highest BCUT2D eigenvalue weighted by Crippen LogP contribution is 2.53. The number of hydrogen-bond donors (Lipinski definition) is 1. The van der Waals surface area contributed by atoms with Gasteiger partial charge in [-0.05, 0) is 59.5 Å². The van der Waals surface area contributed by atoms with E-state index in [9.17, 15) is 5.11 Å². The molecule has 1 heterocycles. The number of rotatable bonds is 13. The number of thioether (sulfide) groups is 1. The number of fused-ring (bicyclic) bond motifs is 1. The summed E-state index contributed by atoms with van der Waals surface area (Å²) in [5.74, 6) is 9.02. The van der Waals surface area contributed by atoms with Crippen molar-refractivity contribution in [3.63, 3.8) is 0 Å². The molecule has 0 aromatic heterocycles.